The van der Waals surface area contributed by atoms with E-state index in [1.165, 1.54) is 0 Å². The SMILES string of the molecule is CCCCOc1ccc(/C(O)=C2\C(=O)C(=O)N(CCCN(C)C)[C@H]2c2cccc(Br)c2)cc1C. The van der Waals surface area contributed by atoms with Crippen molar-refractivity contribution in [3.8, 4) is 5.75 Å². The molecule has 1 heterocycles. The molecule has 0 aromatic heterocycles. The Hall–Kier alpha value is -2.64. The molecule has 34 heavy (non-hydrogen) atoms. The van der Waals surface area contributed by atoms with Crippen LogP contribution in [0.4, 0.5) is 0 Å². The Bertz CT molecular complexity index is 1080. The average molecular weight is 529 g/mol. The zero-order valence-electron chi connectivity index (χ0n) is 20.3. The second-order valence-electron chi connectivity index (χ2n) is 8.89. The molecular formula is C27H33BrN2O4. The summed E-state index contributed by atoms with van der Waals surface area (Å²) in [5.74, 6) is -0.658. The van der Waals surface area contributed by atoms with Gasteiger partial charge in [-0.2, -0.15) is 0 Å². The Balaban J connectivity index is 2.03. The third-order valence-electron chi connectivity index (χ3n) is 5.91. The van der Waals surface area contributed by atoms with Gasteiger partial charge in [-0.1, -0.05) is 41.4 Å². The Morgan fingerprint density at radius 3 is 2.56 bits per heavy atom. The second kappa shape index (κ2) is 11.7. The van der Waals surface area contributed by atoms with E-state index >= 15 is 0 Å². The molecule has 0 radical (unpaired) electrons. The number of halogens is 1. The summed E-state index contributed by atoms with van der Waals surface area (Å²) in [5.41, 5.74) is 2.24. The quantitative estimate of drug-likeness (QED) is 0.196. The summed E-state index contributed by atoms with van der Waals surface area (Å²) < 4.78 is 6.66. The third kappa shape index (κ3) is 5.88. The summed E-state index contributed by atoms with van der Waals surface area (Å²) in [6, 6.07) is 12.2. The normalized spacial score (nSPS) is 17.6. The maximum absolute atomic E-state index is 13.2. The zero-order chi connectivity index (χ0) is 24.8. The molecule has 6 nitrogen and oxygen atoms in total. The van der Waals surface area contributed by atoms with Gasteiger partial charge in [0.25, 0.3) is 11.7 Å². The lowest BCUT2D eigenvalue weighted by Gasteiger charge is -2.26. The van der Waals surface area contributed by atoms with E-state index in [4.69, 9.17) is 4.74 Å². The molecule has 1 saturated heterocycles. The highest BCUT2D eigenvalue weighted by atomic mass is 79.9. The van der Waals surface area contributed by atoms with Gasteiger partial charge in [0.2, 0.25) is 0 Å². The number of carbonyl (C=O) groups excluding carboxylic acids is 2. The highest BCUT2D eigenvalue weighted by Gasteiger charge is 2.45. The van der Waals surface area contributed by atoms with Gasteiger partial charge in [0.15, 0.2) is 0 Å². The summed E-state index contributed by atoms with van der Waals surface area (Å²) in [6.45, 7) is 5.84. The van der Waals surface area contributed by atoms with Gasteiger partial charge >= 0.3 is 0 Å². The first kappa shape index (κ1) is 26.0. The Labute approximate surface area is 210 Å². The number of hydrogen-bond acceptors (Lipinski definition) is 5. The molecule has 0 bridgehead atoms. The van der Waals surface area contributed by atoms with Crippen LogP contribution in [-0.2, 0) is 9.59 Å². The summed E-state index contributed by atoms with van der Waals surface area (Å²) in [6.07, 6.45) is 2.72. The molecule has 0 spiro atoms. The standard InChI is InChI=1S/C27H33BrN2O4/c1-5-6-15-34-22-12-11-20(16-18(22)2)25(31)23-24(19-9-7-10-21(28)17-19)30(27(33)26(23)32)14-8-13-29(3)4/h7,9-12,16-17,24,31H,5-6,8,13-15H2,1-4H3/b25-23+/t24-/m0/s1. The maximum atomic E-state index is 13.2. The van der Waals surface area contributed by atoms with Crippen molar-refractivity contribution >= 4 is 33.4 Å². The average Bonchev–Trinajstić information content (AvgIpc) is 3.04. The Kier molecular flexibility index (Phi) is 8.91. The molecule has 7 heteroatoms. The Morgan fingerprint density at radius 1 is 1.15 bits per heavy atom. The van der Waals surface area contributed by atoms with Crippen molar-refractivity contribution in [3.05, 3.63) is 69.2 Å². The second-order valence-corrected chi connectivity index (χ2v) is 9.80. The summed E-state index contributed by atoms with van der Waals surface area (Å²) in [5, 5.41) is 11.3. The van der Waals surface area contributed by atoms with Gasteiger partial charge in [-0.25, -0.2) is 0 Å². The molecule has 3 rings (SSSR count). The van der Waals surface area contributed by atoms with Crippen LogP contribution in [0.15, 0.2) is 52.5 Å². The minimum absolute atomic E-state index is 0.118. The van der Waals surface area contributed by atoms with Gasteiger partial charge < -0.3 is 19.6 Å². The lowest BCUT2D eigenvalue weighted by Crippen LogP contribution is -2.32. The number of carbonyl (C=O) groups is 2. The number of rotatable bonds is 10. The summed E-state index contributed by atoms with van der Waals surface area (Å²) in [4.78, 5) is 29.8. The monoisotopic (exact) mass is 528 g/mol. The number of aryl methyl sites for hydroxylation is 1. The van der Waals surface area contributed by atoms with Crippen LogP contribution in [0.1, 0.15) is 48.9 Å². The van der Waals surface area contributed by atoms with Crippen molar-refractivity contribution in [2.24, 2.45) is 0 Å². The molecule has 1 fully saturated rings. The number of benzene rings is 2. The number of aliphatic hydroxyl groups is 1. The van der Waals surface area contributed by atoms with E-state index in [9.17, 15) is 14.7 Å². The topological polar surface area (TPSA) is 70.1 Å². The third-order valence-corrected chi connectivity index (χ3v) is 6.41. The van der Waals surface area contributed by atoms with E-state index in [0.717, 1.165) is 40.7 Å². The van der Waals surface area contributed by atoms with Gasteiger partial charge in [-0.15, -0.1) is 0 Å². The van der Waals surface area contributed by atoms with Gasteiger partial charge in [0.1, 0.15) is 11.5 Å². The first-order valence-electron chi connectivity index (χ1n) is 11.7. The van der Waals surface area contributed by atoms with Crippen molar-refractivity contribution in [2.45, 2.75) is 39.2 Å². The van der Waals surface area contributed by atoms with E-state index < -0.39 is 17.7 Å². The van der Waals surface area contributed by atoms with E-state index in [1.54, 1.807) is 23.1 Å². The van der Waals surface area contributed by atoms with Gasteiger partial charge in [0.05, 0.1) is 18.2 Å². The van der Waals surface area contributed by atoms with Crippen molar-refractivity contribution in [3.63, 3.8) is 0 Å². The molecule has 2 aromatic carbocycles. The number of aliphatic hydroxyl groups excluding tert-OH is 1. The minimum atomic E-state index is -0.659. The number of hydrogen-bond donors (Lipinski definition) is 1. The first-order chi connectivity index (χ1) is 16.2. The molecule has 1 atom stereocenters. The van der Waals surface area contributed by atoms with Crippen LogP contribution in [0.3, 0.4) is 0 Å². The molecule has 0 saturated carbocycles. The van der Waals surface area contributed by atoms with Crippen LogP contribution < -0.4 is 4.74 Å². The molecule has 1 aliphatic heterocycles. The maximum Gasteiger partial charge on any atom is 0.295 e. The lowest BCUT2D eigenvalue weighted by molar-refractivity contribution is -0.139. The van der Waals surface area contributed by atoms with Crippen molar-refractivity contribution in [1.82, 2.24) is 9.80 Å². The summed E-state index contributed by atoms with van der Waals surface area (Å²) in [7, 11) is 3.94. The number of nitrogens with zero attached hydrogens (tertiary/aromatic N) is 2. The number of ether oxygens (including phenoxy) is 1. The predicted octanol–water partition coefficient (Wildman–Crippen LogP) is 5.31. The van der Waals surface area contributed by atoms with E-state index in [2.05, 4.69) is 22.9 Å². The molecular weight excluding hydrogens is 496 g/mol. The fraction of sp³-hybridized carbons (Fsp3) is 0.407. The fourth-order valence-electron chi connectivity index (χ4n) is 4.13. The Morgan fingerprint density at radius 2 is 1.91 bits per heavy atom. The summed E-state index contributed by atoms with van der Waals surface area (Å²) >= 11 is 3.49. The van der Waals surface area contributed by atoms with Crippen molar-refractivity contribution in [1.29, 1.82) is 0 Å². The lowest BCUT2D eigenvalue weighted by atomic mass is 9.94. The molecule has 1 aliphatic rings. The van der Waals surface area contributed by atoms with Gasteiger partial charge in [-0.3, -0.25) is 9.59 Å². The number of likely N-dealkylation sites (tertiary alicyclic amines) is 1. The molecule has 182 valence electrons. The largest absolute Gasteiger partial charge is 0.507 e. The van der Waals surface area contributed by atoms with Crippen LogP contribution in [0.2, 0.25) is 0 Å². The number of ketones is 1. The number of unbranched alkanes of at least 4 members (excludes halogenated alkanes) is 1. The molecule has 1 N–H and O–H groups in total. The first-order valence-corrected chi connectivity index (χ1v) is 12.5. The number of amides is 1. The minimum Gasteiger partial charge on any atom is -0.507 e. The highest BCUT2D eigenvalue weighted by Crippen LogP contribution is 2.40. The van der Waals surface area contributed by atoms with Crippen molar-refractivity contribution in [2.75, 3.05) is 33.8 Å². The molecule has 0 unspecified atom stereocenters. The fourth-order valence-corrected chi connectivity index (χ4v) is 4.55. The van der Waals surface area contributed by atoms with Crippen LogP contribution in [0.25, 0.3) is 5.76 Å². The van der Waals surface area contributed by atoms with Gasteiger partial charge in [0, 0.05) is 16.6 Å². The van der Waals surface area contributed by atoms with Crippen molar-refractivity contribution < 1.29 is 19.4 Å². The van der Waals surface area contributed by atoms with E-state index in [0.29, 0.717) is 25.1 Å². The van der Waals surface area contributed by atoms with Crippen LogP contribution in [0, 0.1) is 6.92 Å². The smallest absolute Gasteiger partial charge is 0.295 e. The number of Topliss-reactive ketones (excluding diaryl/α,β-unsaturated/α-hetero) is 1. The molecule has 0 aliphatic carbocycles. The van der Waals surface area contributed by atoms with Crippen LogP contribution >= 0.6 is 15.9 Å². The van der Waals surface area contributed by atoms with Gasteiger partial charge in [-0.05, 0) is 81.9 Å². The van der Waals surface area contributed by atoms with Crippen LogP contribution in [-0.4, -0.2) is 60.4 Å². The van der Waals surface area contributed by atoms with E-state index in [1.807, 2.05) is 50.2 Å². The molecule has 1 amide bonds. The molecule has 2 aromatic rings. The highest BCUT2D eigenvalue weighted by molar-refractivity contribution is 9.10. The zero-order valence-corrected chi connectivity index (χ0v) is 21.9. The van der Waals surface area contributed by atoms with E-state index in [-0.39, 0.29) is 11.3 Å². The van der Waals surface area contributed by atoms with Crippen LogP contribution in [0.5, 0.6) is 5.75 Å². The predicted molar refractivity (Wildman–Crippen MR) is 138 cm³/mol.